The van der Waals surface area contributed by atoms with Crippen molar-refractivity contribution >= 4 is 28.5 Å². The van der Waals surface area contributed by atoms with Crippen molar-refractivity contribution in [3.8, 4) is 0 Å². The molecule has 1 atom stereocenters. The summed E-state index contributed by atoms with van der Waals surface area (Å²) < 4.78 is 0. The van der Waals surface area contributed by atoms with E-state index in [9.17, 15) is 9.59 Å². The second-order valence-electron chi connectivity index (χ2n) is 4.25. The van der Waals surface area contributed by atoms with Crippen LogP contribution in [-0.4, -0.2) is 33.3 Å². The van der Waals surface area contributed by atoms with Crippen molar-refractivity contribution in [2.45, 2.75) is 33.2 Å². The number of hydrogen-bond acceptors (Lipinski definition) is 5. The topological polar surface area (TPSA) is 104 Å². The summed E-state index contributed by atoms with van der Waals surface area (Å²) in [5.74, 6) is -0.873. The van der Waals surface area contributed by atoms with Crippen molar-refractivity contribution in [2.24, 2.45) is 5.92 Å². The van der Waals surface area contributed by atoms with Gasteiger partial charge in [0.15, 0.2) is 0 Å². The smallest absolute Gasteiger partial charge is 0.326 e. The molecule has 0 saturated carbocycles. The quantitative estimate of drug-likeness (QED) is 0.753. The number of nitrogens with one attached hydrogen (secondary N) is 2. The molecule has 0 aliphatic carbocycles. The molecule has 1 aromatic rings. The van der Waals surface area contributed by atoms with Crippen LogP contribution in [0.25, 0.3) is 0 Å². The number of carbonyl (C=O) groups excluding carboxylic acids is 1. The summed E-state index contributed by atoms with van der Waals surface area (Å²) in [5, 5.41) is 22.4. The number of anilines is 1. The number of carboxylic acid groups (broad SMARTS) is 1. The SMILES string of the molecule is Cc1nnc(NC(=O)NC(CC(C)C)C(=O)O)s1. The second-order valence-corrected chi connectivity index (χ2v) is 5.43. The molecular formula is C10H16N4O3S. The van der Waals surface area contributed by atoms with Crippen LogP contribution in [0.5, 0.6) is 0 Å². The van der Waals surface area contributed by atoms with E-state index in [0.29, 0.717) is 11.6 Å². The van der Waals surface area contributed by atoms with E-state index in [1.165, 1.54) is 11.3 Å². The van der Waals surface area contributed by atoms with E-state index < -0.39 is 18.0 Å². The van der Waals surface area contributed by atoms with Gasteiger partial charge in [0.05, 0.1) is 0 Å². The van der Waals surface area contributed by atoms with Gasteiger partial charge in [0, 0.05) is 0 Å². The maximum atomic E-state index is 11.6. The van der Waals surface area contributed by atoms with Gasteiger partial charge >= 0.3 is 12.0 Å². The van der Waals surface area contributed by atoms with E-state index in [1.807, 2.05) is 13.8 Å². The molecule has 7 nitrogen and oxygen atoms in total. The van der Waals surface area contributed by atoms with Crippen LogP contribution >= 0.6 is 11.3 Å². The lowest BCUT2D eigenvalue weighted by Crippen LogP contribution is -2.43. The molecule has 0 aromatic carbocycles. The first-order valence-corrected chi connectivity index (χ1v) is 6.30. The van der Waals surface area contributed by atoms with Crippen molar-refractivity contribution < 1.29 is 14.7 Å². The Balaban J connectivity index is 2.53. The number of aromatic nitrogens is 2. The molecule has 2 amide bonds. The summed E-state index contributed by atoms with van der Waals surface area (Å²) in [6.07, 6.45) is 0.373. The number of urea groups is 1. The summed E-state index contributed by atoms with van der Waals surface area (Å²) in [4.78, 5) is 22.5. The van der Waals surface area contributed by atoms with Gasteiger partial charge in [0.25, 0.3) is 0 Å². The van der Waals surface area contributed by atoms with Crippen molar-refractivity contribution in [1.82, 2.24) is 15.5 Å². The van der Waals surface area contributed by atoms with Gasteiger partial charge in [-0.15, -0.1) is 10.2 Å². The number of hydrogen-bond donors (Lipinski definition) is 3. The van der Waals surface area contributed by atoms with Crippen LogP contribution < -0.4 is 10.6 Å². The lowest BCUT2D eigenvalue weighted by Gasteiger charge is -2.16. The summed E-state index contributed by atoms with van der Waals surface area (Å²) in [7, 11) is 0. The summed E-state index contributed by atoms with van der Waals surface area (Å²) >= 11 is 1.22. The molecule has 100 valence electrons. The van der Waals surface area contributed by atoms with Crippen molar-refractivity contribution in [1.29, 1.82) is 0 Å². The first kappa shape index (κ1) is 14.4. The molecule has 8 heteroatoms. The molecule has 3 N–H and O–H groups in total. The predicted octanol–water partition coefficient (Wildman–Crippen LogP) is 1.47. The van der Waals surface area contributed by atoms with Crippen LogP contribution in [0.15, 0.2) is 0 Å². The third-order valence-corrected chi connectivity index (χ3v) is 2.81. The number of amides is 2. The van der Waals surface area contributed by atoms with E-state index in [4.69, 9.17) is 5.11 Å². The molecule has 0 spiro atoms. The van der Waals surface area contributed by atoms with E-state index in [0.717, 1.165) is 5.01 Å². The van der Waals surface area contributed by atoms with Crippen LogP contribution in [-0.2, 0) is 4.79 Å². The number of aliphatic carboxylic acids is 1. The lowest BCUT2D eigenvalue weighted by molar-refractivity contribution is -0.139. The standard InChI is InChI=1S/C10H16N4O3S/c1-5(2)4-7(8(15)16)11-9(17)12-10-14-13-6(3)18-10/h5,7H,4H2,1-3H3,(H,15,16)(H2,11,12,14,17). The number of carbonyl (C=O) groups is 2. The number of nitrogens with zero attached hydrogens (tertiary/aromatic N) is 2. The molecule has 0 bridgehead atoms. The molecule has 18 heavy (non-hydrogen) atoms. The van der Waals surface area contributed by atoms with E-state index in [2.05, 4.69) is 20.8 Å². The lowest BCUT2D eigenvalue weighted by atomic mass is 10.0. The van der Waals surface area contributed by atoms with Gasteiger partial charge < -0.3 is 10.4 Å². The summed E-state index contributed by atoms with van der Waals surface area (Å²) in [5.41, 5.74) is 0. The Kier molecular flexibility index (Phi) is 5.02. The maximum absolute atomic E-state index is 11.6. The number of carboxylic acids is 1. The van der Waals surface area contributed by atoms with Crippen LogP contribution in [0.1, 0.15) is 25.3 Å². The minimum absolute atomic E-state index is 0.176. The first-order chi connectivity index (χ1) is 8.38. The zero-order valence-electron chi connectivity index (χ0n) is 10.4. The average molecular weight is 272 g/mol. The Hall–Kier alpha value is -1.70. The summed E-state index contributed by atoms with van der Waals surface area (Å²) in [6, 6.07) is -1.49. The fraction of sp³-hybridized carbons (Fsp3) is 0.600. The van der Waals surface area contributed by atoms with Crippen LogP contribution in [0, 0.1) is 12.8 Å². The maximum Gasteiger partial charge on any atom is 0.326 e. The molecule has 0 saturated heterocycles. The highest BCUT2D eigenvalue weighted by atomic mass is 32.1. The molecular weight excluding hydrogens is 256 g/mol. The van der Waals surface area contributed by atoms with Crippen LogP contribution in [0.3, 0.4) is 0 Å². The third kappa shape index (κ3) is 4.66. The van der Waals surface area contributed by atoms with E-state index >= 15 is 0 Å². The van der Waals surface area contributed by atoms with Gasteiger partial charge in [-0.3, -0.25) is 5.32 Å². The fourth-order valence-corrected chi connectivity index (χ4v) is 1.92. The van der Waals surface area contributed by atoms with E-state index in [1.54, 1.807) is 6.92 Å². The van der Waals surface area contributed by atoms with Gasteiger partial charge in [-0.25, -0.2) is 9.59 Å². The minimum Gasteiger partial charge on any atom is -0.480 e. The Morgan fingerprint density at radius 1 is 1.39 bits per heavy atom. The Labute approximate surface area is 109 Å². The van der Waals surface area contributed by atoms with Crippen molar-refractivity contribution in [3.63, 3.8) is 0 Å². The number of aryl methyl sites for hydroxylation is 1. The van der Waals surface area contributed by atoms with Gasteiger partial charge in [0.1, 0.15) is 11.0 Å². The van der Waals surface area contributed by atoms with Gasteiger partial charge in [-0.2, -0.15) is 0 Å². The molecule has 1 unspecified atom stereocenters. The highest BCUT2D eigenvalue weighted by Crippen LogP contribution is 2.13. The molecule has 1 heterocycles. The predicted molar refractivity (Wildman–Crippen MR) is 67.7 cm³/mol. The number of rotatable bonds is 5. The molecule has 1 rings (SSSR count). The fourth-order valence-electron chi connectivity index (χ4n) is 1.33. The largest absolute Gasteiger partial charge is 0.480 e. The van der Waals surface area contributed by atoms with E-state index in [-0.39, 0.29) is 5.92 Å². The minimum atomic E-state index is -1.05. The third-order valence-electron chi connectivity index (χ3n) is 2.06. The van der Waals surface area contributed by atoms with Gasteiger partial charge in [-0.05, 0) is 19.3 Å². The Bertz CT molecular complexity index is 433. The molecule has 1 aromatic heterocycles. The van der Waals surface area contributed by atoms with Gasteiger partial charge in [0.2, 0.25) is 5.13 Å². The zero-order chi connectivity index (χ0) is 13.7. The Morgan fingerprint density at radius 2 is 2.06 bits per heavy atom. The van der Waals surface area contributed by atoms with Crippen molar-refractivity contribution in [2.75, 3.05) is 5.32 Å². The van der Waals surface area contributed by atoms with Crippen molar-refractivity contribution in [3.05, 3.63) is 5.01 Å². The van der Waals surface area contributed by atoms with Crippen LogP contribution in [0.2, 0.25) is 0 Å². The highest BCUT2D eigenvalue weighted by molar-refractivity contribution is 7.15. The normalized spacial score (nSPS) is 12.2. The highest BCUT2D eigenvalue weighted by Gasteiger charge is 2.21. The van der Waals surface area contributed by atoms with Gasteiger partial charge in [-0.1, -0.05) is 25.2 Å². The molecule has 0 radical (unpaired) electrons. The zero-order valence-corrected chi connectivity index (χ0v) is 11.2. The first-order valence-electron chi connectivity index (χ1n) is 5.49. The molecule has 0 aliphatic rings. The second kappa shape index (κ2) is 6.29. The average Bonchev–Trinajstić information content (AvgIpc) is 2.62. The van der Waals surface area contributed by atoms with Crippen LogP contribution in [0.4, 0.5) is 9.93 Å². The Morgan fingerprint density at radius 3 is 2.50 bits per heavy atom. The molecule has 0 aliphatic heterocycles. The molecule has 0 fully saturated rings. The monoisotopic (exact) mass is 272 g/mol. The summed E-state index contributed by atoms with van der Waals surface area (Å²) in [6.45, 7) is 5.55.